The fourth-order valence-corrected chi connectivity index (χ4v) is 3.60. The minimum atomic E-state index is -4.82. The van der Waals surface area contributed by atoms with E-state index in [2.05, 4.69) is 5.10 Å². The lowest BCUT2D eigenvalue weighted by Gasteiger charge is -2.21. The third-order valence-electron chi connectivity index (χ3n) is 5.11. The highest BCUT2D eigenvalue weighted by Gasteiger charge is 2.39. The number of ether oxygens (including phenoxy) is 2. The Morgan fingerprint density at radius 2 is 1.82 bits per heavy atom. The molecule has 0 aliphatic carbocycles. The molecule has 2 N–H and O–H groups in total. The maximum atomic E-state index is 13.4. The Morgan fingerprint density at radius 3 is 2.52 bits per heavy atom. The van der Waals surface area contributed by atoms with E-state index < -0.39 is 23.3 Å². The smallest absolute Gasteiger partial charge is 0.423 e. The molecule has 33 heavy (non-hydrogen) atoms. The molecule has 0 fully saturated rings. The summed E-state index contributed by atoms with van der Waals surface area (Å²) in [4.78, 5) is 24.1. The highest BCUT2D eigenvalue weighted by molar-refractivity contribution is 5.87. The first-order valence-electron chi connectivity index (χ1n) is 9.83. The van der Waals surface area contributed by atoms with Crippen molar-refractivity contribution in [3.8, 4) is 11.5 Å². The number of anilines is 1. The number of aromatic carboxylic acids is 1. The van der Waals surface area contributed by atoms with Crippen LogP contribution in [-0.2, 0) is 19.3 Å². The fraction of sp³-hybridized carbons (Fsp3) is 0.227. The van der Waals surface area contributed by atoms with Crippen LogP contribution in [0.3, 0.4) is 0 Å². The summed E-state index contributed by atoms with van der Waals surface area (Å²) >= 11 is 0. The van der Waals surface area contributed by atoms with Gasteiger partial charge < -0.3 is 19.5 Å². The molecule has 0 unspecified atom stereocenters. The Balaban J connectivity index is 1.42. The van der Waals surface area contributed by atoms with Crippen molar-refractivity contribution in [1.29, 1.82) is 0 Å². The van der Waals surface area contributed by atoms with Gasteiger partial charge >= 0.3 is 12.1 Å². The molecule has 11 heteroatoms. The lowest BCUT2D eigenvalue weighted by atomic mass is 10.1. The first-order valence-corrected chi connectivity index (χ1v) is 9.83. The van der Waals surface area contributed by atoms with Crippen LogP contribution in [0.4, 0.5) is 18.9 Å². The normalized spacial score (nSPS) is 13.0. The molecule has 1 aliphatic heterocycles. The summed E-state index contributed by atoms with van der Waals surface area (Å²) in [5.74, 6) is -0.0455. The Kier molecular flexibility index (Phi) is 5.95. The molecular weight excluding hydrogens is 443 g/mol. The molecule has 0 radical (unpaired) electrons. The molecule has 4 rings (SSSR count). The number of carbonyl (C=O) groups is 1. The number of carboxylic acid groups (broad SMARTS) is 1. The van der Waals surface area contributed by atoms with Crippen LogP contribution in [0.1, 0.15) is 27.0 Å². The number of hydrogen-bond donors (Lipinski definition) is 2. The minimum absolute atomic E-state index is 0.122. The van der Waals surface area contributed by atoms with E-state index in [1.807, 2.05) is 5.10 Å². The monoisotopic (exact) mass is 461 g/mol. The first-order chi connectivity index (χ1) is 15.7. The van der Waals surface area contributed by atoms with Crippen molar-refractivity contribution in [2.75, 3.05) is 18.1 Å². The minimum Gasteiger partial charge on any atom is -0.490 e. The van der Waals surface area contributed by atoms with E-state index in [-0.39, 0.29) is 37.6 Å². The van der Waals surface area contributed by atoms with Crippen molar-refractivity contribution in [2.45, 2.75) is 19.3 Å². The molecule has 1 aliphatic rings. The van der Waals surface area contributed by atoms with Crippen molar-refractivity contribution in [3.63, 3.8) is 0 Å². The molecule has 2 heterocycles. The van der Waals surface area contributed by atoms with Gasteiger partial charge in [0.2, 0.25) is 0 Å². The second-order valence-electron chi connectivity index (χ2n) is 7.23. The number of alkyl halides is 3. The Hall–Kier alpha value is -4.02. The van der Waals surface area contributed by atoms with Crippen LogP contribution >= 0.6 is 0 Å². The zero-order valence-electron chi connectivity index (χ0n) is 17.1. The molecule has 172 valence electrons. The molecular formula is C22H18F3N3O5. The summed E-state index contributed by atoms with van der Waals surface area (Å²) in [6.45, 7) is 0.637. The number of nitrogens with one attached hydrogen (secondary N) is 1. The van der Waals surface area contributed by atoms with Crippen LogP contribution in [0.25, 0.3) is 0 Å². The van der Waals surface area contributed by atoms with Crippen LogP contribution in [0.15, 0.2) is 53.5 Å². The number of carboxylic acids is 1. The molecule has 3 aromatic rings. The predicted molar refractivity (Wildman–Crippen MR) is 111 cm³/mol. The Bertz CT molecular complexity index is 1230. The maximum absolute atomic E-state index is 13.4. The lowest BCUT2D eigenvalue weighted by molar-refractivity contribution is -0.138. The molecule has 0 saturated carbocycles. The highest BCUT2D eigenvalue weighted by Crippen LogP contribution is 2.39. The Labute approximate surface area is 185 Å². The standard InChI is InChI=1S/C22H18F3N3O5/c23-22(24,25)19-17(10-26-27-20(19)29)28-11-14-2-1-3-18(16(14)12-28)33-9-8-32-15-6-4-13(5-7-15)21(30)31/h1-7,10H,8-9,11-12H2,(H,27,29)(H,30,31). The quantitative estimate of drug-likeness (QED) is 0.519. The summed E-state index contributed by atoms with van der Waals surface area (Å²) in [5.41, 5.74) is -1.22. The van der Waals surface area contributed by atoms with Gasteiger partial charge in [-0.25, -0.2) is 9.89 Å². The van der Waals surface area contributed by atoms with Gasteiger partial charge in [0.25, 0.3) is 5.56 Å². The van der Waals surface area contributed by atoms with Gasteiger partial charge in [0.1, 0.15) is 30.3 Å². The van der Waals surface area contributed by atoms with Crippen molar-refractivity contribution in [3.05, 3.63) is 81.3 Å². The van der Waals surface area contributed by atoms with E-state index in [9.17, 15) is 22.8 Å². The average Bonchev–Trinajstić information content (AvgIpc) is 3.21. The van der Waals surface area contributed by atoms with E-state index in [1.165, 1.54) is 29.2 Å². The number of nitrogens with zero attached hydrogens (tertiary/aromatic N) is 2. The summed E-state index contributed by atoms with van der Waals surface area (Å²) < 4.78 is 51.6. The molecule has 0 atom stereocenters. The lowest BCUT2D eigenvalue weighted by Crippen LogP contribution is -2.28. The molecule has 0 saturated heterocycles. The third-order valence-corrected chi connectivity index (χ3v) is 5.11. The number of hydrogen-bond acceptors (Lipinski definition) is 6. The van der Waals surface area contributed by atoms with Crippen LogP contribution in [0.5, 0.6) is 11.5 Å². The molecule has 1 aromatic heterocycles. The summed E-state index contributed by atoms with van der Waals surface area (Å²) in [7, 11) is 0. The molecule has 0 bridgehead atoms. The van der Waals surface area contributed by atoms with Gasteiger partial charge in [-0.15, -0.1) is 0 Å². The van der Waals surface area contributed by atoms with E-state index in [4.69, 9.17) is 14.6 Å². The molecule has 0 spiro atoms. The molecule has 0 amide bonds. The van der Waals surface area contributed by atoms with Gasteiger partial charge in [0, 0.05) is 18.7 Å². The van der Waals surface area contributed by atoms with Crippen molar-refractivity contribution in [2.24, 2.45) is 0 Å². The van der Waals surface area contributed by atoms with Crippen molar-refractivity contribution in [1.82, 2.24) is 10.2 Å². The number of fused-ring (bicyclic) bond motifs is 1. The number of rotatable bonds is 7. The summed E-state index contributed by atoms with van der Waals surface area (Å²) in [6.07, 6.45) is -3.82. The van der Waals surface area contributed by atoms with Crippen LogP contribution in [0.2, 0.25) is 0 Å². The number of aromatic nitrogens is 2. The summed E-state index contributed by atoms with van der Waals surface area (Å²) in [6, 6.07) is 11.2. The highest BCUT2D eigenvalue weighted by atomic mass is 19.4. The molecule has 2 aromatic carbocycles. The van der Waals surface area contributed by atoms with Gasteiger partial charge in [0.05, 0.1) is 17.4 Å². The maximum Gasteiger partial charge on any atom is 0.423 e. The van der Waals surface area contributed by atoms with Crippen LogP contribution in [0, 0.1) is 0 Å². The zero-order chi connectivity index (χ0) is 23.6. The second-order valence-corrected chi connectivity index (χ2v) is 7.23. The van der Waals surface area contributed by atoms with Crippen molar-refractivity contribution < 1.29 is 32.5 Å². The predicted octanol–water partition coefficient (Wildman–Crippen LogP) is 3.46. The van der Waals surface area contributed by atoms with E-state index >= 15 is 0 Å². The van der Waals surface area contributed by atoms with Gasteiger partial charge in [0.15, 0.2) is 0 Å². The van der Waals surface area contributed by atoms with E-state index in [1.54, 1.807) is 18.2 Å². The fourth-order valence-electron chi connectivity index (χ4n) is 3.60. The van der Waals surface area contributed by atoms with Crippen LogP contribution in [-0.4, -0.2) is 34.5 Å². The van der Waals surface area contributed by atoms with Gasteiger partial charge in [-0.1, -0.05) is 12.1 Å². The third kappa shape index (κ3) is 4.76. The summed E-state index contributed by atoms with van der Waals surface area (Å²) in [5, 5.41) is 14.3. The number of H-pyrrole nitrogens is 1. The van der Waals surface area contributed by atoms with E-state index in [0.29, 0.717) is 11.5 Å². The van der Waals surface area contributed by atoms with Gasteiger partial charge in [-0.2, -0.15) is 18.3 Å². The van der Waals surface area contributed by atoms with E-state index in [0.717, 1.165) is 17.3 Å². The molecule has 8 nitrogen and oxygen atoms in total. The number of benzene rings is 2. The van der Waals surface area contributed by atoms with Gasteiger partial charge in [-0.3, -0.25) is 4.79 Å². The number of halogens is 3. The SMILES string of the molecule is O=C(O)c1ccc(OCCOc2cccc3c2CN(c2cn[nH]c(=O)c2C(F)(F)F)C3)cc1. The average molecular weight is 461 g/mol. The van der Waals surface area contributed by atoms with Crippen LogP contribution < -0.4 is 19.9 Å². The second kappa shape index (κ2) is 8.85. The number of aromatic amines is 1. The topological polar surface area (TPSA) is 105 Å². The Morgan fingerprint density at radius 1 is 1.09 bits per heavy atom. The van der Waals surface area contributed by atoms with Gasteiger partial charge in [-0.05, 0) is 35.9 Å². The largest absolute Gasteiger partial charge is 0.490 e. The first kappa shape index (κ1) is 22.2. The van der Waals surface area contributed by atoms with Crippen molar-refractivity contribution >= 4 is 11.7 Å². The zero-order valence-corrected chi connectivity index (χ0v) is 17.1.